The number of aliphatic hydroxyl groups is 1. The van der Waals surface area contributed by atoms with Gasteiger partial charge in [-0.2, -0.15) is 0 Å². The Morgan fingerprint density at radius 3 is 2.65 bits per heavy atom. The molecule has 140 valence electrons. The Labute approximate surface area is 155 Å². The van der Waals surface area contributed by atoms with E-state index in [1.54, 1.807) is 0 Å². The van der Waals surface area contributed by atoms with Crippen molar-refractivity contribution in [2.24, 2.45) is 11.8 Å². The van der Waals surface area contributed by atoms with Crippen LogP contribution in [0, 0.1) is 11.8 Å². The van der Waals surface area contributed by atoms with Crippen molar-refractivity contribution in [3.8, 4) is 0 Å². The first-order valence-corrected chi connectivity index (χ1v) is 9.93. The molecule has 2 N–H and O–H groups in total. The molecule has 0 unspecified atom stereocenters. The summed E-state index contributed by atoms with van der Waals surface area (Å²) < 4.78 is 0. The minimum absolute atomic E-state index is 0.0837. The van der Waals surface area contributed by atoms with Gasteiger partial charge in [-0.3, -0.25) is 4.79 Å². The third-order valence-corrected chi connectivity index (χ3v) is 6.17. The smallest absolute Gasteiger partial charge is 0.270 e. The number of aromatic nitrogens is 1. The number of para-hydroxylation sites is 1. The number of fused-ring (bicyclic) bond motifs is 1. The Bertz CT molecular complexity index is 779. The van der Waals surface area contributed by atoms with Crippen LogP contribution in [0.3, 0.4) is 0 Å². The molecule has 0 bridgehead atoms. The zero-order valence-electron chi connectivity index (χ0n) is 15.6. The minimum atomic E-state index is 0.0837. The zero-order valence-corrected chi connectivity index (χ0v) is 15.6. The Morgan fingerprint density at radius 2 is 1.92 bits per heavy atom. The van der Waals surface area contributed by atoms with Gasteiger partial charge in [0, 0.05) is 43.1 Å². The molecule has 2 saturated heterocycles. The summed E-state index contributed by atoms with van der Waals surface area (Å²) >= 11 is 0. The van der Waals surface area contributed by atoms with Crippen LogP contribution in [0.15, 0.2) is 24.3 Å². The number of nitrogens with zero attached hydrogens (tertiary/aromatic N) is 2. The van der Waals surface area contributed by atoms with Gasteiger partial charge in [0.2, 0.25) is 0 Å². The van der Waals surface area contributed by atoms with E-state index >= 15 is 0 Å². The molecule has 26 heavy (non-hydrogen) atoms. The second-order valence-electron chi connectivity index (χ2n) is 7.80. The summed E-state index contributed by atoms with van der Waals surface area (Å²) in [5.74, 6) is 0.644. The fourth-order valence-electron chi connectivity index (χ4n) is 4.72. The maximum Gasteiger partial charge on any atom is 0.270 e. The SMILES string of the molecule is CCc1c(C(=O)N2C[C@@H](CN3CCCC3)[C@@H](CO)C2)[nH]c2ccccc12. The predicted molar refractivity (Wildman–Crippen MR) is 103 cm³/mol. The van der Waals surface area contributed by atoms with Gasteiger partial charge in [-0.15, -0.1) is 0 Å². The van der Waals surface area contributed by atoms with Crippen LogP contribution < -0.4 is 0 Å². The van der Waals surface area contributed by atoms with Gasteiger partial charge in [-0.05, 0) is 49.9 Å². The molecule has 0 aliphatic carbocycles. The van der Waals surface area contributed by atoms with Gasteiger partial charge in [-0.25, -0.2) is 0 Å². The summed E-state index contributed by atoms with van der Waals surface area (Å²) in [6, 6.07) is 8.13. The number of aryl methyl sites for hydroxylation is 1. The number of aromatic amines is 1. The quantitative estimate of drug-likeness (QED) is 0.866. The second-order valence-corrected chi connectivity index (χ2v) is 7.80. The summed E-state index contributed by atoms with van der Waals surface area (Å²) in [4.78, 5) is 21.0. The van der Waals surface area contributed by atoms with E-state index in [1.807, 2.05) is 23.1 Å². The lowest BCUT2D eigenvalue weighted by Crippen LogP contribution is -2.33. The summed E-state index contributed by atoms with van der Waals surface area (Å²) in [6.07, 6.45) is 3.38. The average Bonchev–Trinajstić information content (AvgIpc) is 3.39. The van der Waals surface area contributed by atoms with Gasteiger partial charge in [0.1, 0.15) is 5.69 Å². The number of nitrogens with one attached hydrogen (secondary N) is 1. The molecule has 2 aromatic rings. The standard InChI is InChI=1S/C21H29N3O2/c1-2-17-18-7-3-4-8-19(18)22-20(17)21(26)24-12-15(16(13-24)14-25)11-23-9-5-6-10-23/h3-4,7-8,15-16,22,25H,2,5-6,9-14H2,1H3/t15-,16-/m1/s1. The van der Waals surface area contributed by atoms with Gasteiger partial charge < -0.3 is 19.9 Å². The highest BCUT2D eigenvalue weighted by atomic mass is 16.3. The van der Waals surface area contributed by atoms with Gasteiger partial charge in [-0.1, -0.05) is 25.1 Å². The fourth-order valence-corrected chi connectivity index (χ4v) is 4.72. The largest absolute Gasteiger partial charge is 0.396 e. The summed E-state index contributed by atoms with van der Waals surface area (Å²) in [5.41, 5.74) is 2.86. The Morgan fingerprint density at radius 1 is 1.19 bits per heavy atom. The number of carbonyl (C=O) groups excluding carboxylic acids is 1. The van der Waals surface area contributed by atoms with Crippen molar-refractivity contribution >= 4 is 16.8 Å². The van der Waals surface area contributed by atoms with Gasteiger partial charge in [0.05, 0.1) is 0 Å². The van der Waals surface area contributed by atoms with Crippen LogP contribution in [0.1, 0.15) is 35.8 Å². The van der Waals surface area contributed by atoms with Gasteiger partial charge in [0.15, 0.2) is 0 Å². The van der Waals surface area contributed by atoms with E-state index < -0.39 is 0 Å². The number of hydrogen-bond donors (Lipinski definition) is 2. The number of benzene rings is 1. The molecule has 2 aliphatic rings. The first-order chi connectivity index (χ1) is 12.7. The molecule has 2 aliphatic heterocycles. The van der Waals surface area contributed by atoms with Crippen molar-refractivity contribution in [2.75, 3.05) is 39.3 Å². The zero-order chi connectivity index (χ0) is 18.1. The highest BCUT2D eigenvalue weighted by Gasteiger charge is 2.37. The number of aliphatic hydroxyl groups excluding tert-OH is 1. The molecule has 5 heteroatoms. The van der Waals surface area contributed by atoms with Crippen LogP contribution in [0.5, 0.6) is 0 Å². The van der Waals surface area contributed by atoms with Crippen LogP contribution in [-0.2, 0) is 6.42 Å². The third-order valence-electron chi connectivity index (χ3n) is 6.17. The second kappa shape index (κ2) is 7.41. The van der Waals surface area contributed by atoms with Gasteiger partial charge >= 0.3 is 0 Å². The van der Waals surface area contributed by atoms with E-state index in [0.29, 0.717) is 12.5 Å². The van der Waals surface area contributed by atoms with E-state index in [4.69, 9.17) is 0 Å². The van der Waals surface area contributed by atoms with E-state index in [9.17, 15) is 9.90 Å². The lowest BCUT2D eigenvalue weighted by Gasteiger charge is -2.22. The Kier molecular flexibility index (Phi) is 5.00. The summed E-state index contributed by atoms with van der Waals surface area (Å²) in [7, 11) is 0. The van der Waals surface area contributed by atoms with Crippen molar-refractivity contribution in [1.29, 1.82) is 0 Å². The molecular formula is C21H29N3O2. The number of amides is 1. The number of H-pyrrole nitrogens is 1. The molecule has 1 aromatic carbocycles. The number of carbonyl (C=O) groups is 1. The topological polar surface area (TPSA) is 59.6 Å². The Hall–Kier alpha value is -1.85. The molecule has 4 rings (SSSR count). The fraction of sp³-hybridized carbons (Fsp3) is 0.571. The van der Waals surface area contributed by atoms with Crippen molar-refractivity contribution < 1.29 is 9.90 Å². The van der Waals surface area contributed by atoms with Crippen LogP contribution in [0.2, 0.25) is 0 Å². The minimum Gasteiger partial charge on any atom is -0.396 e. The molecule has 5 nitrogen and oxygen atoms in total. The first-order valence-electron chi connectivity index (χ1n) is 9.93. The lowest BCUT2D eigenvalue weighted by molar-refractivity contribution is 0.0773. The number of rotatable bonds is 5. The van der Waals surface area contributed by atoms with Crippen molar-refractivity contribution in [1.82, 2.24) is 14.8 Å². The maximum absolute atomic E-state index is 13.2. The van der Waals surface area contributed by atoms with E-state index in [2.05, 4.69) is 22.9 Å². The van der Waals surface area contributed by atoms with E-state index in [-0.39, 0.29) is 18.4 Å². The molecule has 1 aromatic heterocycles. The summed E-state index contributed by atoms with van der Waals surface area (Å²) in [5, 5.41) is 11.0. The van der Waals surface area contributed by atoms with E-state index in [1.165, 1.54) is 12.8 Å². The van der Waals surface area contributed by atoms with Crippen LogP contribution >= 0.6 is 0 Å². The molecular weight excluding hydrogens is 326 g/mol. The summed E-state index contributed by atoms with van der Waals surface area (Å²) in [6.45, 7) is 6.99. The van der Waals surface area contributed by atoms with Crippen molar-refractivity contribution in [3.63, 3.8) is 0 Å². The van der Waals surface area contributed by atoms with Crippen molar-refractivity contribution in [3.05, 3.63) is 35.5 Å². The third kappa shape index (κ3) is 3.14. The number of likely N-dealkylation sites (tertiary alicyclic amines) is 2. The molecule has 0 saturated carbocycles. The molecule has 2 fully saturated rings. The normalized spacial score (nSPS) is 24.0. The molecule has 3 heterocycles. The molecule has 1 amide bonds. The van der Waals surface area contributed by atoms with E-state index in [0.717, 1.165) is 54.8 Å². The molecule has 0 radical (unpaired) electrons. The monoisotopic (exact) mass is 355 g/mol. The predicted octanol–water partition coefficient (Wildman–Crippen LogP) is 2.51. The van der Waals surface area contributed by atoms with Gasteiger partial charge in [0.25, 0.3) is 5.91 Å². The Balaban J connectivity index is 1.54. The highest BCUT2D eigenvalue weighted by Crippen LogP contribution is 2.29. The van der Waals surface area contributed by atoms with Crippen LogP contribution in [0.25, 0.3) is 10.9 Å². The molecule has 2 atom stereocenters. The lowest BCUT2D eigenvalue weighted by atomic mass is 9.96. The maximum atomic E-state index is 13.2. The van der Waals surface area contributed by atoms with Crippen LogP contribution in [-0.4, -0.2) is 65.1 Å². The first kappa shape index (κ1) is 17.6. The van der Waals surface area contributed by atoms with Crippen LogP contribution in [0.4, 0.5) is 0 Å². The van der Waals surface area contributed by atoms with Crippen molar-refractivity contribution in [2.45, 2.75) is 26.2 Å². The highest BCUT2D eigenvalue weighted by molar-refractivity contribution is 6.01. The average molecular weight is 355 g/mol. The molecule has 0 spiro atoms. The number of hydrogen-bond acceptors (Lipinski definition) is 3.